The Kier molecular flexibility index (Phi) is 5.00. The molecule has 0 aliphatic carbocycles. The van der Waals surface area contributed by atoms with Crippen molar-refractivity contribution >= 4 is 51.4 Å². The van der Waals surface area contributed by atoms with Gasteiger partial charge in [-0.05, 0) is 18.2 Å². The fourth-order valence-corrected chi connectivity index (χ4v) is 2.96. The molecule has 0 saturated heterocycles. The largest absolute Gasteiger partial charge is 0.363 e. The summed E-state index contributed by atoms with van der Waals surface area (Å²) in [6.07, 6.45) is 0. The summed E-state index contributed by atoms with van der Waals surface area (Å²) in [4.78, 5) is 11.7. The summed E-state index contributed by atoms with van der Waals surface area (Å²) >= 11 is 8.60. The zero-order valence-corrected chi connectivity index (χ0v) is 12.4. The predicted molar refractivity (Wildman–Crippen MR) is 80.3 cm³/mol. The lowest BCUT2D eigenvalue weighted by atomic mass is 10.3. The van der Waals surface area contributed by atoms with Crippen LogP contribution >= 0.6 is 34.7 Å². The topological polar surface area (TPSA) is 66.9 Å². The quantitative estimate of drug-likeness (QED) is 0.831. The van der Waals surface area contributed by atoms with Gasteiger partial charge in [-0.25, -0.2) is 0 Å². The van der Waals surface area contributed by atoms with Crippen molar-refractivity contribution in [3.63, 3.8) is 0 Å². The molecule has 0 fully saturated rings. The number of halogens is 1. The van der Waals surface area contributed by atoms with E-state index in [1.54, 1.807) is 31.3 Å². The van der Waals surface area contributed by atoms with Crippen LogP contribution in [0.5, 0.6) is 0 Å². The van der Waals surface area contributed by atoms with E-state index in [0.717, 1.165) is 9.47 Å². The van der Waals surface area contributed by atoms with Crippen molar-refractivity contribution in [2.45, 2.75) is 4.34 Å². The van der Waals surface area contributed by atoms with Gasteiger partial charge in [0.1, 0.15) is 0 Å². The van der Waals surface area contributed by atoms with Crippen molar-refractivity contribution in [3.05, 3.63) is 29.3 Å². The monoisotopic (exact) mass is 314 g/mol. The Hall–Kier alpha value is -1.31. The highest BCUT2D eigenvalue weighted by molar-refractivity contribution is 8.01. The number of nitrogens with one attached hydrogen (secondary N) is 2. The van der Waals surface area contributed by atoms with Crippen LogP contribution in [-0.2, 0) is 4.79 Å². The Morgan fingerprint density at radius 1 is 1.47 bits per heavy atom. The van der Waals surface area contributed by atoms with E-state index < -0.39 is 0 Å². The number of hydrogen-bond acceptors (Lipinski definition) is 6. The van der Waals surface area contributed by atoms with Crippen molar-refractivity contribution in [1.29, 1.82) is 0 Å². The van der Waals surface area contributed by atoms with Gasteiger partial charge in [0, 0.05) is 17.8 Å². The summed E-state index contributed by atoms with van der Waals surface area (Å²) in [7, 11) is 1.78. The zero-order chi connectivity index (χ0) is 13.7. The summed E-state index contributed by atoms with van der Waals surface area (Å²) < 4.78 is 0.755. The summed E-state index contributed by atoms with van der Waals surface area (Å²) in [5, 5.41) is 14.8. The van der Waals surface area contributed by atoms with Gasteiger partial charge in [0.2, 0.25) is 11.0 Å². The second kappa shape index (κ2) is 6.74. The van der Waals surface area contributed by atoms with Gasteiger partial charge < -0.3 is 10.6 Å². The van der Waals surface area contributed by atoms with Gasteiger partial charge in [-0.15, -0.1) is 10.2 Å². The standard InChI is InChI=1S/C11H11ClN4OS2/c1-13-10-15-16-11(19-10)18-6-9(17)14-8-4-2-3-7(12)5-8/h2-5H,6H2,1H3,(H,13,15)(H,14,17). The SMILES string of the molecule is CNc1nnc(SCC(=O)Nc2cccc(Cl)c2)s1. The van der Waals surface area contributed by atoms with E-state index in [1.807, 2.05) is 0 Å². The number of carbonyl (C=O) groups is 1. The molecule has 1 aromatic heterocycles. The molecular formula is C11H11ClN4OS2. The molecule has 100 valence electrons. The van der Waals surface area contributed by atoms with Crippen molar-refractivity contribution in [3.8, 4) is 0 Å². The van der Waals surface area contributed by atoms with Crippen LogP contribution in [-0.4, -0.2) is 28.9 Å². The van der Waals surface area contributed by atoms with Crippen molar-refractivity contribution in [2.75, 3.05) is 23.4 Å². The molecule has 0 radical (unpaired) electrons. The number of amides is 1. The highest BCUT2D eigenvalue weighted by atomic mass is 35.5. The van der Waals surface area contributed by atoms with Gasteiger partial charge in [-0.3, -0.25) is 4.79 Å². The third-order valence-electron chi connectivity index (χ3n) is 2.06. The van der Waals surface area contributed by atoms with Crippen LogP contribution in [0, 0.1) is 0 Å². The Morgan fingerprint density at radius 2 is 2.32 bits per heavy atom. The van der Waals surface area contributed by atoms with Crippen LogP contribution < -0.4 is 10.6 Å². The van der Waals surface area contributed by atoms with Crippen LogP contribution in [0.2, 0.25) is 5.02 Å². The lowest BCUT2D eigenvalue weighted by Crippen LogP contribution is -2.13. The maximum absolute atomic E-state index is 11.7. The fraction of sp³-hybridized carbons (Fsp3) is 0.182. The minimum absolute atomic E-state index is 0.103. The number of rotatable bonds is 5. The summed E-state index contributed by atoms with van der Waals surface area (Å²) in [6, 6.07) is 7.04. The number of carbonyl (C=O) groups excluding carboxylic acids is 1. The molecule has 0 saturated carbocycles. The van der Waals surface area contributed by atoms with E-state index in [4.69, 9.17) is 11.6 Å². The second-order valence-corrected chi connectivity index (χ2v) is 6.11. The summed E-state index contributed by atoms with van der Waals surface area (Å²) in [5.41, 5.74) is 0.686. The number of thioether (sulfide) groups is 1. The molecule has 0 spiro atoms. The van der Waals surface area contributed by atoms with Gasteiger partial charge in [0.25, 0.3) is 0 Å². The molecule has 0 unspecified atom stereocenters. The molecule has 1 aromatic carbocycles. The highest BCUT2D eigenvalue weighted by Crippen LogP contribution is 2.25. The van der Waals surface area contributed by atoms with Crippen molar-refractivity contribution in [1.82, 2.24) is 10.2 Å². The van der Waals surface area contributed by atoms with Gasteiger partial charge in [-0.1, -0.05) is 40.8 Å². The maximum Gasteiger partial charge on any atom is 0.234 e. The van der Waals surface area contributed by atoms with E-state index in [2.05, 4.69) is 20.8 Å². The lowest BCUT2D eigenvalue weighted by molar-refractivity contribution is -0.113. The van der Waals surface area contributed by atoms with Gasteiger partial charge in [0.15, 0.2) is 4.34 Å². The Morgan fingerprint density at radius 3 is 3.00 bits per heavy atom. The molecule has 0 bridgehead atoms. The van der Waals surface area contributed by atoms with E-state index >= 15 is 0 Å². The number of hydrogen-bond donors (Lipinski definition) is 2. The van der Waals surface area contributed by atoms with E-state index in [-0.39, 0.29) is 11.7 Å². The minimum Gasteiger partial charge on any atom is -0.363 e. The van der Waals surface area contributed by atoms with Crippen LogP contribution in [0.25, 0.3) is 0 Å². The third-order valence-corrected chi connectivity index (χ3v) is 4.36. The normalized spacial score (nSPS) is 10.2. The van der Waals surface area contributed by atoms with Gasteiger partial charge in [0.05, 0.1) is 5.75 Å². The molecule has 0 aliphatic rings. The smallest absolute Gasteiger partial charge is 0.234 e. The molecule has 2 N–H and O–H groups in total. The van der Waals surface area contributed by atoms with E-state index in [0.29, 0.717) is 10.7 Å². The number of benzene rings is 1. The Labute approximate surface area is 123 Å². The number of aromatic nitrogens is 2. The number of nitrogens with zero attached hydrogens (tertiary/aromatic N) is 2. The maximum atomic E-state index is 11.7. The highest BCUT2D eigenvalue weighted by Gasteiger charge is 2.07. The average molecular weight is 315 g/mol. The Balaban J connectivity index is 1.84. The van der Waals surface area contributed by atoms with Crippen LogP contribution in [0.4, 0.5) is 10.8 Å². The molecule has 2 aromatic rings. The molecule has 1 heterocycles. The minimum atomic E-state index is -0.103. The van der Waals surface area contributed by atoms with Crippen LogP contribution in [0.1, 0.15) is 0 Å². The lowest BCUT2D eigenvalue weighted by Gasteiger charge is -2.04. The van der Waals surface area contributed by atoms with Crippen LogP contribution in [0.3, 0.4) is 0 Å². The van der Waals surface area contributed by atoms with Crippen LogP contribution in [0.15, 0.2) is 28.6 Å². The molecular weight excluding hydrogens is 304 g/mol. The average Bonchev–Trinajstić information content (AvgIpc) is 2.84. The third kappa shape index (κ3) is 4.38. The predicted octanol–water partition coefficient (Wildman–Crippen LogP) is 2.96. The first-order valence-electron chi connectivity index (χ1n) is 5.37. The zero-order valence-electron chi connectivity index (χ0n) is 10.0. The Bertz CT molecular complexity index is 575. The van der Waals surface area contributed by atoms with Crippen molar-refractivity contribution in [2.24, 2.45) is 0 Å². The molecule has 0 aliphatic heterocycles. The first kappa shape index (κ1) is 14.1. The molecule has 8 heteroatoms. The summed E-state index contributed by atoms with van der Waals surface area (Å²) in [5.74, 6) is 0.179. The number of anilines is 2. The van der Waals surface area contributed by atoms with E-state index in [1.165, 1.54) is 23.1 Å². The molecule has 0 atom stereocenters. The van der Waals surface area contributed by atoms with Gasteiger partial charge >= 0.3 is 0 Å². The summed E-state index contributed by atoms with van der Waals surface area (Å²) in [6.45, 7) is 0. The fourth-order valence-electron chi connectivity index (χ4n) is 1.26. The molecule has 5 nitrogen and oxygen atoms in total. The second-order valence-electron chi connectivity index (χ2n) is 3.47. The first-order valence-corrected chi connectivity index (χ1v) is 7.55. The van der Waals surface area contributed by atoms with Crippen molar-refractivity contribution < 1.29 is 4.79 Å². The molecule has 2 rings (SSSR count). The van der Waals surface area contributed by atoms with E-state index in [9.17, 15) is 4.79 Å². The van der Waals surface area contributed by atoms with Gasteiger partial charge in [-0.2, -0.15) is 0 Å². The molecule has 19 heavy (non-hydrogen) atoms. The molecule has 1 amide bonds. The first-order chi connectivity index (χ1) is 9.17.